The van der Waals surface area contributed by atoms with Crippen molar-refractivity contribution >= 4 is 34.5 Å². The molecule has 0 radical (unpaired) electrons. The van der Waals surface area contributed by atoms with E-state index in [2.05, 4.69) is 16.0 Å². The van der Waals surface area contributed by atoms with Crippen molar-refractivity contribution in [1.82, 2.24) is 4.90 Å². The Bertz CT molecular complexity index is 1020. The van der Waals surface area contributed by atoms with Gasteiger partial charge in [0.15, 0.2) is 0 Å². The maximum Gasteiger partial charge on any atom is 0.255 e. The second-order valence-corrected chi connectivity index (χ2v) is 7.71. The third-order valence-electron chi connectivity index (χ3n) is 4.53. The van der Waals surface area contributed by atoms with Gasteiger partial charge in [-0.25, -0.2) is 0 Å². The Hall–Kier alpha value is -3.36. The van der Waals surface area contributed by atoms with Gasteiger partial charge < -0.3 is 20.1 Å². The van der Waals surface area contributed by atoms with Gasteiger partial charge in [-0.2, -0.15) is 11.3 Å². The molecule has 0 unspecified atom stereocenters. The molecule has 0 aliphatic heterocycles. The van der Waals surface area contributed by atoms with E-state index >= 15 is 0 Å². The van der Waals surface area contributed by atoms with Crippen LogP contribution in [0.5, 0.6) is 11.5 Å². The SMILES string of the molecule is COc1cc(NC(=O)c2ccccc2)c(OC)cc1NC(=O)CN(C)Cc1ccsc1. The van der Waals surface area contributed by atoms with Gasteiger partial charge in [0.1, 0.15) is 11.5 Å². The molecule has 2 aromatic carbocycles. The predicted molar refractivity (Wildman–Crippen MR) is 123 cm³/mol. The van der Waals surface area contributed by atoms with E-state index < -0.39 is 0 Å². The minimum atomic E-state index is -0.271. The van der Waals surface area contributed by atoms with Crippen molar-refractivity contribution in [2.45, 2.75) is 6.54 Å². The minimum Gasteiger partial charge on any atom is -0.494 e. The number of hydrogen-bond donors (Lipinski definition) is 2. The predicted octanol–water partition coefficient (Wildman–Crippen LogP) is 4.09. The molecule has 1 aromatic heterocycles. The van der Waals surface area contributed by atoms with E-state index in [0.29, 0.717) is 35.0 Å². The quantitative estimate of drug-likeness (QED) is 0.525. The highest BCUT2D eigenvalue weighted by molar-refractivity contribution is 7.07. The average molecular weight is 440 g/mol. The first-order chi connectivity index (χ1) is 15.0. The zero-order valence-corrected chi connectivity index (χ0v) is 18.5. The fourth-order valence-electron chi connectivity index (χ4n) is 3.06. The summed E-state index contributed by atoms with van der Waals surface area (Å²) < 4.78 is 10.9. The number of nitrogens with one attached hydrogen (secondary N) is 2. The number of thiophene rings is 1. The van der Waals surface area contributed by atoms with Crippen LogP contribution in [0.4, 0.5) is 11.4 Å². The molecule has 0 saturated heterocycles. The molecule has 0 fully saturated rings. The molecule has 31 heavy (non-hydrogen) atoms. The second kappa shape index (κ2) is 10.6. The van der Waals surface area contributed by atoms with Crippen molar-refractivity contribution in [3.05, 3.63) is 70.4 Å². The largest absolute Gasteiger partial charge is 0.494 e. The maximum absolute atomic E-state index is 12.6. The molecule has 0 saturated carbocycles. The highest BCUT2D eigenvalue weighted by atomic mass is 32.1. The molecule has 0 aliphatic rings. The smallest absolute Gasteiger partial charge is 0.255 e. The summed E-state index contributed by atoms with van der Waals surface area (Å²) >= 11 is 1.63. The first-order valence-corrected chi connectivity index (χ1v) is 10.6. The van der Waals surface area contributed by atoms with Crippen molar-refractivity contribution in [2.24, 2.45) is 0 Å². The summed E-state index contributed by atoms with van der Waals surface area (Å²) in [6.07, 6.45) is 0. The number of methoxy groups -OCH3 is 2. The van der Waals surface area contributed by atoms with E-state index in [9.17, 15) is 9.59 Å². The van der Waals surface area contributed by atoms with Crippen molar-refractivity contribution < 1.29 is 19.1 Å². The van der Waals surface area contributed by atoms with E-state index in [4.69, 9.17) is 9.47 Å². The second-order valence-electron chi connectivity index (χ2n) is 6.92. The molecule has 0 bridgehead atoms. The lowest BCUT2D eigenvalue weighted by Crippen LogP contribution is -2.29. The van der Waals surface area contributed by atoms with Crippen LogP contribution in [0.3, 0.4) is 0 Å². The third-order valence-corrected chi connectivity index (χ3v) is 5.26. The Balaban J connectivity index is 1.72. The van der Waals surface area contributed by atoms with Gasteiger partial charge in [-0.05, 0) is 41.6 Å². The van der Waals surface area contributed by atoms with Gasteiger partial charge in [0, 0.05) is 24.2 Å². The first kappa shape index (κ1) is 22.3. The van der Waals surface area contributed by atoms with Gasteiger partial charge in [-0.1, -0.05) is 18.2 Å². The van der Waals surface area contributed by atoms with E-state index in [0.717, 1.165) is 5.56 Å². The average Bonchev–Trinajstić information content (AvgIpc) is 3.27. The Labute approximate surface area is 185 Å². The number of rotatable bonds is 9. The summed E-state index contributed by atoms with van der Waals surface area (Å²) in [6, 6.07) is 14.2. The molecule has 3 rings (SSSR count). The number of carbonyl (C=O) groups excluding carboxylic acids is 2. The summed E-state index contributed by atoms with van der Waals surface area (Å²) in [7, 11) is 4.89. The molecular formula is C23H25N3O4S. The Morgan fingerprint density at radius 2 is 1.61 bits per heavy atom. The zero-order chi connectivity index (χ0) is 22.2. The summed E-state index contributed by atoms with van der Waals surface area (Å²) in [5.41, 5.74) is 2.60. The summed E-state index contributed by atoms with van der Waals surface area (Å²) in [4.78, 5) is 27.0. The Kier molecular flexibility index (Phi) is 7.64. The van der Waals surface area contributed by atoms with Gasteiger partial charge >= 0.3 is 0 Å². The number of benzene rings is 2. The van der Waals surface area contributed by atoms with Crippen molar-refractivity contribution in [1.29, 1.82) is 0 Å². The molecule has 3 aromatic rings. The fraction of sp³-hybridized carbons (Fsp3) is 0.217. The molecule has 0 aliphatic carbocycles. The summed E-state index contributed by atoms with van der Waals surface area (Å²) in [5, 5.41) is 9.76. The lowest BCUT2D eigenvalue weighted by molar-refractivity contribution is -0.117. The van der Waals surface area contributed by atoms with Crippen LogP contribution in [0, 0.1) is 0 Å². The number of likely N-dealkylation sites (N-methyl/N-ethyl adjacent to an activating group) is 1. The molecule has 2 amide bonds. The van der Waals surface area contributed by atoms with E-state index in [1.54, 1.807) is 47.7 Å². The molecule has 0 spiro atoms. The van der Waals surface area contributed by atoms with Crippen LogP contribution in [0.15, 0.2) is 59.3 Å². The van der Waals surface area contributed by atoms with Crippen molar-refractivity contribution in [2.75, 3.05) is 38.4 Å². The van der Waals surface area contributed by atoms with Gasteiger partial charge in [0.05, 0.1) is 32.1 Å². The van der Waals surface area contributed by atoms with Gasteiger partial charge in [-0.3, -0.25) is 14.5 Å². The van der Waals surface area contributed by atoms with Crippen LogP contribution in [-0.2, 0) is 11.3 Å². The van der Waals surface area contributed by atoms with Crippen LogP contribution >= 0.6 is 11.3 Å². The van der Waals surface area contributed by atoms with Crippen LogP contribution in [0.2, 0.25) is 0 Å². The zero-order valence-electron chi connectivity index (χ0n) is 17.7. The van der Waals surface area contributed by atoms with Gasteiger partial charge in [0.2, 0.25) is 5.91 Å². The molecule has 0 atom stereocenters. The van der Waals surface area contributed by atoms with E-state index in [1.165, 1.54) is 14.2 Å². The minimum absolute atomic E-state index is 0.181. The van der Waals surface area contributed by atoms with Crippen molar-refractivity contribution in [3.8, 4) is 11.5 Å². The molecule has 2 N–H and O–H groups in total. The van der Waals surface area contributed by atoms with Crippen LogP contribution in [0.25, 0.3) is 0 Å². The number of ether oxygens (including phenoxy) is 2. The first-order valence-electron chi connectivity index (χ1n) is 9.62. The third kappa shape index (κ3) is 6.07. The number of nitrogens with zero attached hydrogens (tertiary/aromatic N) is 1. The molecule has 162 valence electrons. The number of anilines is 2. The van der Waals surface area contributed by atoms with E-state index in [-0.39, 0.29) is 18.4 Å². The standard InChI is InChI=1S/C23H25N3O4S/c1-26(13-16-9-10-31-15-16)14-22(27)24-18-11-21(30-3)19(12-20(18)29-2)25-23(28)17-7-5-4-6-8-17/h4-12,15H,13-14H2,1-3H3,(H,24,27)(H,25,28). The van der Waals surface area contributed by atoms with E-state index in [1.807, 2.05) is 29.5 Å². The molecule has 8 heteroatoms. The number of amides is 2. The highest BCUT2D eigenvalue weighted by Gasteiger charge is 2.17. The monoisotopic (exact) mass is 439 g/mol. The van der Waals surface area contributed by atoms with Crippen LogP contribution in [-0.4, -0.2) is 44.5 Å². The maximum atomic E-state index is 12.6. The normalized spacial score (nSPS) is 10.6. The molecular weight excluding hydrogens is 414 g/mol. The number of carbonyl (C=O) groups is 2. The van der Waals surface area contributed by atoms with Gasteiger partial charge in [0.25, 0.3) is 5.91 Å². The number of hydrogen-bond acceptors (Lipinski definition) is 6. The highest BCUT2D eigenvalue weighted by Crippen LogP contribution is 2.36. The topological polar surface area (TPSA) is 79.9 Å². The van der Waals surface area contributed by atoms with Crippen LogP contribution in [0.1, 0.15) is 15.9 Å². The lowest BCUT2D eigenvalue weighted by Gasteiger charge is -2.18. The summed E-state index contributed by atoms with van der Waals surface area (Å²) in [6.45, 7) is 0.898. The Morgan fingerprint density at radius 3 is 2.19 bits per heavy atom. The fourth-order valence-corrected chi connectivity index (χ4v) is 3.72. The van der Waals surface area contributed by atoms with Crippen LogP contribution < -0.4 is 20.1 Å². The Morgan fingerprint density at radius 1 is 0.968 bits per heavy atom. The lowest BCUT2D eigenvalue weighted by atomic mass is 10.2. The van der Waals surface area contributed by atoms with Gasteiger partial charge in [-0.15, -0.1) is 0 Å². The molecule has 1 heterocycles. The molecule has 7 nitrogen and oxygen atoms in total. The summed E-state index contributed by atoms with van der Waals surface area (Å²) in [5.74, 6) is 0.372. The van der Waals surface area contributed by atoms with Crippen molar-refractivity contribution in [3.63, 3.8) is 0 Å².